The molecular weight excluding hydrogens is 237 g/mol. The van der Waals surface area contributed by atoms with Crippen molar-refractivity contribution in [2.24, 2.45) is 0 Å². The summed E-state index contributed by atoms with van der Waals surface area (Å²) in [5.41, 5.74) is 1.17. The van der Waals surface area contributed by atoms with Crippen molar-refractivity contribution >= 4 is 35.0 Å². The Labute approximate surface area is 99.2 Å². The van der Waals surface area contributed by atoms with E-state index >= 15 is 0 Å². The van der Waals surface area contributed by atoms with Crippen LogP contribution in [0.1, 0.15) is 5.56 Å². The third-order valence-electron chi connectivity index (χ3n) is 1.80. The van der Waals surface area contributed by atoms with Gasteiger partial charge in [-0.1, -0.05) is 29.3 Å². The Bertz CT molecular complexity index is 291. The molecule has 0 atom stereocenters. The van der Waals surface area contributed by atoms with E-state index in [-0.39, 0.29) is 0 Å². The molecule has 0 aliphatic heterocycles. The number of hydrogen-bond donors (Lipinski definition) is 1. The van der Waals surface area contributed by atoms with E-state index in [9.17, 15) is 0 Å². The van der Waals surface area contributed by atoms with E-state index in [2.05, 4.69) is 11.6 Å². The van der Waals surface area contributed by atoms with E-state index < -0.39 is 0 Å². The third-order valence-corrected chi connectivity index (χ3v) is 3.15. The molecule has 0 unspecified atom stereocenters. The number of nitrogens with one attached hydrogen (secondary N) is 1. The Morgan fingerprint density at radius 2 is 2.07 bits per heavy atom. The molecule has 0 saturated carbocycles. The highest BCUT2D eigenvalue weighted by Gasteiger charge is 1.98. The molecule has 0 bridgehead atoms. The average Bonchev–Trinajstić information content (AvgIpc) is 2.18. The van der Waals surface area contributed by atoms with Crippen molar-refractivity contribution in [2.75, 3.05) is 18.6 Å². The van der Waals surface area contributed by atoms with Gasteiger partial charge in [0.15, 0.2) is 0 Å². The van der Waals surface area contributed by atoms with Crippen LogP contribution in [0.5, 0.6) is 0 Å². The van der Waals surface area contributed by atoms with Crippen LogP contribution >= 0.6 is 35.0 Å². The summed E-state index contributed by atoms with van der Waals surface area (Å²) in [7, 11) is 0. The molecule has 4 heteroatoms. The molecule has 78 valence electrons. The first kappa shape index (κ1) is 12.2. The summed E-state index contributed by atoms with van der Waals surface area (Å²) in [5.74, 6) is 1.13. The minimum Gasteiger partial charge on any atom is -0.312 e. The monoisotopic (exact) mass is 249 g/mol. The zero-order valence-electron chi connectivity index (χ0n) is 8.02. The van der Waals surface area contributed by atoms with Gasteiger partial charge in [-0.15, -0.1) is 0 Å². The minimum atomic E-state index is 0.611. The molecule has 0 aromatic heterocycles. The predicted octanol–water partition coefficient (Wildman–Crippen LogP) is 3.45. The van der Waals surface area contributed by atoms with E-state index in [0.717, 1.165) is 18.8 Å². The first-order chi connectivity index (χ1) is 6.74. The van der Waals surface area contributed by atoms with Crippen molar-refractivity contribution in [1.29, 1.82) is 0 Å². The molecular formula is C10H13Cl2NS. The lowest BCUT2D eigenvalue weighted by molar-refractivity contribution is 0.732. The molecule has 0 aliphatic rings. The van der Waals surface area contributed by atoms with Gasteiger partial charge in [-0.3, -0.25) is 0 Å². The van der Waals surface area contributed by atoms with Gasteiger partial charge >= 0.3 is 0 Å². The lowest BCUT2D eigenvalue weighted by Crippen LogP contribution is -2.16. The van der Waals surface area contributed by atoms with Crippen molar-refractivity contribution in [2.45, 2.75) is 6.54 Å². The van der Waals surface area contributed by atoms with E-state index in [1.165, 1.54) is 5.56 Å². The maximum Gasteiger partial charge on any atom is 0.0595 e. The van der Waals surface area contributed by atoms with Crippen molar-refractivity contribution in [3.05, 3.63) is 33.8 Å². The van der Waals surface area contributed by atoms with Crippen LogP contribution in [0.4, 0.5) is 0 Å². The molecule has 14 heavy (non-hydrogen) atoms. The van der Waals surface area contributed by atoms with Crippen LogP contribution in [0, 0.1) is 0 Å². The maximum atomic E-state index is 5.89. The van der Waals surface area contributed by atoms with Gasteiger partial charge in [-0.05, 0) is 24.0 Å². The average molecular weight is 250 g/mol. The molecule has 0 radical (unpaired) electrons. The Hall–Kier alpha value is 0.110. The summed E-state index contributed by atoms with van der Waals surface area (Å²) >= 11 is 13.5. The summed E-state index contributed by atoms with van der Waals surface area (Å²) in [5, 5.41) is 4.56. The molecule has 0 heterocycles. The molecule has 1 N–H and O–H groups in total. The molecule has 0 amide bonds. The number of halogens is 2. The van der Waals surface area contributed by atoms with Crippen LogP contribution in [0.25, 0.3) is 0 Å². The lowest BCUT2D eigenvalue weighted by atomic mass is 10.2. The second kappa shape index (κ2) is 6.57. The molecule has 0 spiro atoms. The van der Waals surface area contributed by atoms with E-state index in [4.69, 9.17) is 23.2 Å². The zero-order valence-corrected chi connectivity index (χ0v) is 10.3. The van der Waals surface area contributed by atoms with Crippen LogP contribution < -0.4 is 5.32 Å². The number of benzene rings is 1. The Morgan fingerprint density at radius 3 is 2.71 bits per heavy atom. The third kappa shape index (κ3) is 4.09. The number of rotatable bonds is 5. The molecule has 1 aromatic rings. The zero-order chi connectivity index (χ0) is 10.4. The largest absolute Gasteiger partial charge is 0.312 e. The van der Waals surface area contributed by atoms with Gasteiger partial charge in [0.2, 0.25) is 0 Å². The second-order valence-electron chi connectivity index (χ2n) is 2.92. The van der Waals surface area contributed by atoms with Gasteiger partial charge in [0, 0.05) is 18.8 Å². The molecule has 1 aromatic carbocycles. The van der Waals surface area contributed by atoms with Gasteiger partial charge < -0.3 is 5.32 Å². The van der Waals surface area contributed by atoms with Crippen molar-refractivity contribution in [3.63, 3.8) is 0 Å². The highest BCUT2D eigenvalue weighted by molar-refractivity contribution is 7.98. The minimum absolute atomic E-state index is 0.611. The Balaban J connectivity index is 2.39. The van der Waals surface area contributed by atoms with Crippen LogP contribution in [0.2, 0.25) is 10.0 Å². The topological polar surface area (TPSA) is 12.0 Å². The summed E-state index contributed by atoms with van der Waals surface area (Å²) in [4.78, 5) is 0. The summed E-state index contributed by atoms with van der Waals surface area (Å²) in [6.07, 6.45) is 2.10. The fourth-order valence-corrected chi connectivity index (χ4v) is 1.73. The van der Waals surface area contributed by atoms with Gasteiger partial charge in [0.25, 0.3) is 0 Å². The first-order valence-corrected chi connectivity index (χ1v) is 6.52. The quantitative estimate of drug-likeness (QED) is 0.803. The molecule has 0 saturated heterocycles. The normalized spacial score (nSPS) is 10.5. The second-order valence-corrected chi connectivity index (χ2v) is 4.72. The fourth-order valence-electron chi connectivity index (χ4n) is 1.06. The highest BCUT2D eigenvalue weighted by Crippen LogP contribution is 2.22. The molecule has 0 aliphatic carbocycles. The van der Waals surface area contributed by atoms with Crippen molar-refractivity contribution in [1.82, 2.24) is 5.32 Å². The van der Waals surface area contributed by atoms with E-state index in [1.54, 1.807) is 0 Å². The van der Waals surface area contributed by atoms with Crippen LogP contribution in [0.3, 0.4) is 0 Å². The van der Waals surface area contributed by atoms with Crippen LogP contribution in [0.15, 0.2) is 18.2 Å². The molecule has 1 nitrogen and oxygen atoms in total. The summed E-state index contributed by atoms with van der Waals surface area (Å²) < 4.78 is 0. The fraction of sp³-hybridized carbons (Fsp3) is 0.400. The predicted molar refractivity (Wildman–Crippen MR) is 66.6 cm³/mol. The van der Waals surface area contributed by atoms with Gasteiger partial charge in [-0.2, -0.15) is 11.8 Å². The highest BCUT2D eigenvalue weighted by atomic mass is 35.5. The molecule has 1 rings (SSSR count). The van der Waals surface area contributed by atoms with Crippen LogP contribution in [-0.2, 0) is 6.54 Å². The van der Waals surface area contributed by atoms with Gasteiger partial charge in [-0.25, -0.2) is 0 Å². The first-order valence-electron chi connectivity index (χ1n) is 4.37. The lowest BCUT2D eigenvalue weighted by Gasteiger charge is -2.04. The van der Waals surface area contributed by atoms with E-state index in [1.807, 2.05) is 30.0 Å². The van der Waals surface area contributed by atoms with E-state index in [0.29, 0.717) is 10.0 Å². The number of thioether (sulfide) groups is 1. The summed E-state index contributed by atoms with van der Waals surface area (Å²) in [6, 6.07) is 5.71. The number of hydrogen-bond acceptors (Lipinski definition) is 2. The van der Waals surface area contributed by atoms with Crippen LogP contribution in [-0.4, -0.2) is 18.6 Å². The standard InChI is InChI=1S/C10H13Cl2NS/c1-14-5-4-13-7-8-2-3-9(11)10(12)6-8/h2-3,6,13H,4-5,7H2,1H3. The van der Waals surface area contributed by atoms with Gasteiger partial charge in [0.1, 0.15) is 0 Å². The van der Waals surface area contributed by atoms with Gasteiger partial charge in [0.05, 0.1) is 10.0 Å². The van der Waals surface area contributed by atoms with Crippen molar-refractivity contribution in [3.8, 4) is 0 Å². The molecule has 0 fully saturated rings. The smallest absolute Gasteiger partial charge is 0.0595 e. The summed E-state index contributed by atoms with van der Waals surface area (Å²) in [6.45, 7) is 1.86. The Kier molecular flexibility index (Phi) is 5.71. The maximum absolute atomic E-state index is 5.89. The van der Waals surface area contributed by atoms with Crippen molar-refractivity contribution < 1.29 is 0 Å². The Morgan fingerprint density at radius 1 is 1.29 bits per heavy atom. The SMILES string of the molecule is CSCCNCc1ccc(Cl)c(Cl)c1.